The molecule has 2 N–H and O–H groups in total. The predicted molar refractivity (Wildman–Crippen MR) is 105 cm³/mol. The predicted octanol–water partition coefficient (Wildman–Crippen LogP) is 0.701. The number of hydrogen-bond donors (Lipinski definition) is 2. The molecular weight excluding hydrogens is 408 g/mol. The van der Waals surface area contributed by atoms with Crippen molar-refractivity contribution in [2.45, 2.75) is 32.7 Å². The second-order valence-electron chi connectivity index (χ2n) is 6.53. The van der Waals surface area contributed by atoms with Crippen molar-refractivity contribution in [1.29, 1.82) is 0 Å². The van der Waals surface area contributed by atoms with E-state index in [-0.39, 0.29) is 12.5 Å². The lowest BCUT2D eigenvalue weighted by Gasteiger charge is -2.18. The van der Waals surface area contributed by atoms with E-state index in [0.29, 0.717) is 17.7 Å². The Morgan fingerprint density at radius 1 is 1.21 bits per heavy atom. The average Bonchev–Trinajstić information content (AvgIpc) is 3.05. The largest absolute Gasteiger partial charge is 0.467 e. The summed E-state index contributed by atoms with van der Waals surface area (Å²) in [6, 6.07) is 2.45. The van der Waals surface area contributed by atoms with Crippen molar-refractivity contribution < 1.29 is 32.3 Å². The first-order chi connectivity index (χ1) is 13.0. The van der Waals surface area contributed by atoms with Gasteiger partial charge in [0.1, 0.15) is 10.9 Å². The van der Waals surface area contributed by atoms with Crippen LogP contribution in [0.4, 0.5) is 0 Å². The van der Waals surface area contributed by atoms with E-state index >= 15 is 0 Å². The van der Waals surface area contributed by atoms with Gasteiger partial charge in [0.25, 0.3) is 5.91 Å². The van der Waals surface area contributed by atoms with Crippen LogP contribution in [0.3, 0.4) is 0 Å². The van der Waals surface area contributed by atoms with Crippen molar-refractivity contribution >= 4 is 39.2 Å². The molecule has 1 rings (SSSR count). The van der Waals surface area contributed by atoms with E-state index in [2.05, 4.69) is 14.8 Å². The molecule has 158 valence electrons. The van der Waals surface area contributed by atoms with Crippen LogP contribution in [0.5, 0.6) is 0 Å². The molecule has 28 heavy (non-hydrogen) atoms. The van der Waals surface area contributed by atoms with Gasteiger partial charge in [-0.2, -0.15) is 0 Å². The highest BCUT2D eigenvalue weighted by molar-refractivity contribution is 7.88. The summed E-state index contributed by atoms with van der Waals surface area (Å²) in [5.74, 6) is -1.66. The van der Waals surface area contributed by atoms with Crippen molar-refractivity contribution in [3.8, 4) is 0 Å². The maximum absolute atomic E-state index is 12.1. The van der Waals surface area contributed by atoms with Crippen molar-refractivity contribution in [1.82, 2.24) is 10.0 Å². The third kappa shape index (κ3) is 9.29. The molecule has 1 atom stereocenters. The Balaban J connectivity index is 2.50. The van der Waals surface area contributed by atoms with E-state index in [1.54, 1.807) is 12.1 Å². The molecule has 9 nitrogen and oxygen atoms in total. The Bertz CT molecular complexity index is 787. The first-order valence-electron chi connectivity index (χ1n) is 8.59. The van der Waals surface area contributed by atoms with Crippen LogP contribution in [0.25, 0.3) is 0 Å². The highest BCUT2D eigenvalue weighted by Gasteiger charge is 2.23. The number of sulfonamides is 1. The lowest BCUT2D eigenvalue weighted by atomic mass is 10.0. The Morgan fingerprint density at radius 2 is 1.89 bits per heavy atom. The Kier molecular flexibility index (Phi) is 9.56. The van der Waals surface area contributed by atoms with Crippen LogP contribution in [-0.2, 0) is 35.5 Å². The first-order valence-corrected chi connectivity index (χ1v) is 11.3. The summed E-state index contributed by atoms with van der Waals surface area (Å²) in [6.45, 7) is 3.51. The molecule has 0 aromatic carbocycles. The number of nitrogens with one attached hydrogen (secondary N) is 2. The van der Waals surface area contributed by atoms with Gasteiger partial charge in [-0.25, -0.2) is 22.7 Å². The molecule has 11 heteroatoms. The van der Waals surface area contributed by atoms with Crippen LogP contribution < -0.4 is 10.0 Å². The molecule has 1 heterocycles. The minimum absolute atomic E-state index is 0.161. The van der Waals surface area contributed by atoms with Gasteiger partial charge in [-0.05, 0) is 30.9 Å². The molecular formula is C17H26N2O7S2. The molecule has 0 aliphatic heterocycles. The van der Waals surface area contributed by atoms with Gasteiger partial charge < -0.3 is 14.8 Å². The third-order valence-electron chi connectivity index (χ3n) is 3.46. The van der Waals surface area contributed by atoms with Crippen LogP contribution in [-0.4, -0.2) is 58.8 Å². The van der Waals surface area contributed by atoms with Gasteiger partial charge in [0.05, 0.1) is 13.4 Å². The van der Waals surface area contributed by atoms with Crippen molar-refractivity contribution in [3.63, 3.8) is 0 Å². The fourth-order valence-electron chi connectivity index (χ4n) is 2.25. The summed E-state index contributed by atoms with van der Waals surface area (Å²) in [4.78, 5) is 36.8. The molecule has 0 aliphatic rings. The van der Waals surface area contributed by atoms with E-state index in [4.69, 9.17) is 4.74 Å². The molecule has 0 aliphatic carbocycles. The van der Waals surface area contributed by atoms with E-state index in [9.17, 15) is 22.8 Å². The van der Waals surface area contributed by atoms with Crippen molar-refractivity contribution in [3.05, 3.63) is 21.9 Å². The summed E-state index contributed by atoms with van der Waals surface area (Å²) in [5, 5.41) is 2.50. The first kappa shape index (κ1) is 24.1. The van der Waals surface area contributed by atoms with Crippen molar-refractivity contribution in [2.75, 3.05) is 26.5 Å². The molecule has 1 amide bonds. The summed E-state index contributed by atoms with van der Waals surface area (Å²) in [7, 11) is -2.02. The molecule has 0 unspecified atom stereocenters. The number of rotatable bonds is 11. The molecule has 0 bridgehead atoms. The summed E-state index contributed by atoms with van der Waals surface area (Å²) in [5.41, 5.74) is 0. The number of ether oxygens (including phenoxy) is 2. The standard InChI is InChI=1S/C17H26N2O7S2/c1-11(2)9-13(16(21)25-3)19-15(20)10-26-17(22)14-6-5-12(27-14)7-8-18-28(4,23)24/h5-6,11,13,18H,7-10H2,1-4H3,(H,19,20)/t13-/m1/s1. The number of carbonyl (C=O) groups excluding carboxylic acids is 3. The monoisotopic (exact) mass is 434 g/mol. The van der Waals surface area contributed by atoms with Crippen molar-refractivity contribution in [2.24, 2.45) is 5.92 Å². The second kappa shape index (κ2) is 11.1. The van der Waals surface area contributed by atoms with E-state index in [1.165, 1.54) is 7.11 Å². The topological polar surface area (TPSA) is 128 Å². The zero-order chi connectivity index (χ0) is 21.3. The number of esters is 2. The number of carbonyl (C=O) groups is 3. The lowest BCUT2D eigenvalue weighted by Crippen LogP contribution is -2.44. The number of thiophene rings is 1. The Labute approximate surface area is 168 Å². The quantitative estimate of drug-likeness (QED) is 0.491. The van der Waals surface area contributed by atoms with Gasteiger partial charge in [0, 0.05) is 11.4 Å². The minimum atomic E-state index is -3.26. The second-order valence-corrected chi connectivity index (χ2v) is 9.53. The average molecular weight is 435 g/mol. The van der Waals surface area contributed by atoms with Gasteiger partial charge in [-0.15, -0.1) is 11.3 Å². The van der Waals surface area contributed by atoms with E-state index in [1.807, 2.05) is 13.8 Å². The molecule has 0 fully saturated rings. The fourth-order valence-corrected chi connectivity index (χ4v) is 3.62. The van der Waals surface area contributed by atoms with E-state index in [0.717, 1.165) is 22.5 Å². The molecule has 1 aromatic rings. The molecule has 0 saturated carbocycles. The zero-order valence-corrected chi connectivity index (χ0v) is 17.9. The zero-order valence-electron chi connectivity index (χ0n) is 16.3. The highest BCUT2D eigenvalue weighted by atomic mass is 32.2. The minimum Gasteiger partial charge on any atom is -0.467 e. The third-order valence-corrected chi connectivity index (χ3v) is 5.31. The molecule has 0 saturated heterocycles. The van der Waals surface area contributed by atoms with Crippen LogP contribution in [0.1, 0.15) is 34.8 Å². The van der Waals surface area contributed by atoms with Crippen LogP contribution in [0.2, 0.25) is 0 Å². The van der Waals surface area contributed by atoms with Gasteiger partial charge in [0.15, 0.2) is 6.61 Å². The SMILES string of the molecule is COC(=O)[C@@H](CC(C)C)NC(=O)COC(=O)c1ccc(CCNS(C)(=O)=O)s1. The number of methoxy groups -OCH3 is 1. The van der Waals surface area contributed by atoms with Crippen LogP contribution in [0.15, 0.2) is 12.1 Å². The van der Waals surface area contributed by atoms with Gasteiger partial charge in [-0.3, -0.25) is 4.79 Å². The maximum Gasteiger partial charge on any atom is 0.348 e. The molecule has 0 spiro atoms. The molecule has 1 aromatic heterocycles. The summed E-state index contributed by atoms with van der Waals surface area (Å²) in [6.07, 6.45) is 1.91. The smallest absolute Gasteiger partial charge is 0.348 e. The summed E-state index contributed by atoms with van der Waals surface area (Å²) < 4.78 is 34.1. The number of amides is 1. The van der Waals surface area contributed by atoms with Gasteiger partial charge >= 0.3 is 11.9 Å². The molecule has 0 radical (unpaired) electrons. The summed E-state index contributed by atoms with van der Waals surface area (Å²) >= 11 is 1.16. The number of hydrogen-bond acceptors (Lipinski definition) is 8. The maximum atomic E-state index is 12.1. The fraction of sp³-hybridized carbons (Fsp3) is 0.588. The Morgan fingerprint density at radius 3 is 2.46 bits per heavy atom. The normalized spacial score (nSPS) is 12.5. The lowest BCUT2D eigenvalue weighted by molar-refractivity contribution is -0.145. The van der Waals surface area contributed by atoms with E-state index < -0.39 is 40.5 Å². The van der Waals surface area contributed by atoms with Crippen LogP contribution >= 0.6 is 11.3 Å². The van der Waals surface area contributed by atoms with Gasteiger partial charge in [0.2, 0.25) is 10.0 Å². The van der Waals surface area contributed by atoms with Crippen LogP contribution in [0, 0.1) is 5.92 Å². The Hall–Kier alpha value is -1.98. The van der Waals surface area contributed by atoms with Gasteiger partial charge in [-0.1, -0.05) is 13.8 Å². The highest BCUT2D eigenvalue weighted by Crippen LogP contribution is 2.18.